The lowest BCUT2D eigenvalue weighted by atomic mass is 10.2. The Balaban J connectivity index is 1.85. The topological polar surface area (TPSA) is 45.2 Å². The van der Waals surface area contributed by atoms with Gasteiger partial charge in [0.1, 0.15) is 5.69 Å². The monoisotopic (exact) mass is 395 g/mol. The summed E-state index contributed by atoms with van der Waals surface area (Å²) < 4.78 is 0.958. The number of hydrogen-bond acceptors (Lipinski definition) is 3. The van der Waals surface area contributed by atoms with Gasteiger partial charge >= 0.3 is 0 Å². The maximum atomic E-state index is 12.9. The van der Waals surface area contributed by atoms with E-state index >= 15 is 0 Å². The summed E-state index contributed by atoms with van der Waals surface area (Å²) in [6.07, 6.45) is 1.64. The zero-order chi connectivity index (χ0) is 17.6. The van der Waals surface area contributed by atoms with E-state index in [0.717, 1.165) is 21.5 Å². The Morgan fingerprint density at radius 2 is 1.80 bits per heavy atom. The molecule has 5 heteroatoms. The molecule has 0 spiro atoms. The lowest BCUT2D eigenvalue weighted by Crippen LogP contribution is -2.31. The van der Waals surface area contributed by atoms with Crippen LogP contribution in [0.3, 0.4) is 0 Å². The molecule has 0 radical (unpaired) electrons. The number of carbonyl (C=O) groups excluding carboxylic acids is 1. The summed E-state index contributed by atoms with van der Waals surface area (Å²) in [6.45, 7) is 2.53. The zero-order valence-electron chi connectivity index (χ0n) is 13.8. The fraction of sp³-hybridized carbons (Fsp3) is 0.100. The Kier molecular flexibility index (Phi) is 5.46. The number of para-hydroxylation sites is 2. The van der Waals surface area contributed by atoms with E-state index in [2.05, 4.69) is 26.2 Å². The minimum Gasteiger partial charge on any atom is -0.354 e. The van der Waals surface area contributed by atoms with E-state index in [4.69, 9.17) is 0 Å². The van der Waals surface area contributed by atoms with Gasteiger partial charge < -0.3 is 10.2 Å². The third-order valence-electron chi connectivity index (χ3n) is 3.76. The van der Waals surface area contributed by atoms with Crippen molar-refractivity contribution >= 4 is 38.9 Å². The number of halogens is 1. The molecule has 0 aliphatic heterocycles. The van der Waals surface area contributed by atoms with Crippen LogP contribution >= 0.6 is 15.9 Å². The van der Waals surface area contributed by atoms with Crippen molar-refractivity contribution < 1.29 is 4.79 Å². The van der Waals surface area contributed by atoms with Crippen LogP contribution in [0.1, 0.15) is 17.4 Å². The number of rotatable bonds is 5. The highest BCUT2D eigenvalue weighted by Gasteiger charge is 2.17. The average molecular weight is 396 g/mol. The summed E-state index contributed by atoms with van der Waals surface area (Å²) in [5.74, 6) is -0.121. The van der Waals surface area contributed by atoms with E-state index in [1.807, 2.05) is 67.6 Å². The van der Waals surface area contributed by atoms with Crippen molar-refractivity contribution in [2.24, 2.45) is 0 Å². The summed E-state index contributed by atoms with van der Waals surface area (Å²) in [5, 5.41) is 3.31. The van der Waals surface area contributed by atoms with Gasteiger partial charge in [0.05, 0.1) is 5.69 Å². The molecule has 1 amide bonds. The first-order valence-electron chi connectivity index (χ1n) is 8.03. The van der Waals surface area contributed by atoms with E-state index < -0.39 is 0 Å². The standard InChI is InChI=1S/C20H18BrN3O/c1-2-24(16-8-4-3-5-9-16)20(25)19-14-15(12-13-22-19)23-18-11-7-6-10-17(18)21/h3-14H,2H2,1H3,(H,22,23). The molecule has 0 saturated carbocycles. The van der Waals surface area contributed by atoms with Crippen LogP contribution in [-0.4, -0.2) is 17.4 Å². The average Bonchev–Trinajstić information content (AvgIpc) is 2.65. The Hall–Kier alpha value is -2.66. The van der Waals surface area contributed by atoms with Gasteiger partial charge in [0.2, 0.25) is 0 Å². The number of nitrogens with one attached hydrogen (secondary N) is 1. The first-order chi connectivity index (χ1) is 12.2. The Morgan fingerprint density at radius 3 is 2.52 bits per heavy atom. The molecule has 0 atom stereocenters. The summed E-state index contributed by atoms with van der Waals surface area (Å²) >= 11 is 3.51. The molecule has 0 fully saturated rings. The van der Waals surface area contributed by atoms with Crippen molar-refractivity contribution in [2.75, 3.05) is 16.8 Å². The summed E-state index contributed by atoms with van der Waals surface area (Å²) in [5.41, 5.74) is 3.01. The number of benzene rings is 2. The quantitative estimate of drug-likeness (QED) is 0.640. The van der Waals surface area contributed by atoms with Crippen molar-refractivity contribution in [2.45, 2.75) is 6.92 Å². The smallest absolute Gasteiger partial charge is 0.276 e. The highest BCUT2D eigenvalue weighted by atomic mass is 79.9. The molecule has 126 valence electrons. The molecular formula is C20H18BrN3O. The second-order valence-electron chi connectivity index (χ2n) is 5.42. The van der Waals surface area contributed by atoms with Gasteiger partial charge in [0, 0.05) is 28.6 Å². The molecule has 25 heavy (non-hydrogen) atoms. The molecule has 1 aromatic heterocycles. The van der Waals surface area contributed by atoms with Crippen molar-refractivity contribution in [3.63, 3.8) is 0 Å². The number of aromatic nitrogens is 1. The van der Waals surface area contributed by atoms with Crippen LogP contribution < -0.4 is 10.2 Å². The van der Waals surface area contributed by atoms with Crippen LogP contribution in [0, 0.1) is 0 Å². The number of nitrogens with zero attached hydrogens (tertiary/aromatic N) is 2. The van der Waals surface area contributed by atoms with Gasteiger partial charge in [-0.2, -0.15) is 0 Å². The third-order valence-corrected chi connectivity index (χ3v) is 4.45. The van der Waals surface area contributed by atoms with Crippen LogP contribution in [0.4, 0.5) is 17.1 Å². The van der Waals surface area contributed by atoms with E-state index in [9.17, 15) is 4.79 Å². The van der Waals surface area contributed by atoms with Gasteiger partial charge in [-0.05, 0) is 59.3 Å². The second kappa shape index (κ2) is 7.94. The fourth-order valence-corrected chi connectivity index (χ4v) is 2.92. The van der Waals surface area contributed by atoms with Gasteiger partial charge in [-0.1, -0.05) is 30.3 Å². The molecule has 3 rings (SSSR count). The van der Waals surface area contributed by atoms with Gasteiger partial charge in [-0.25, -0.2) is 0 Å². The number of amides is 1. The molecule has 0 unspecified atom stereocenters. The van der Waals surface area contributed by atoms with Gasteiger partial charge in [0.15, 0.2) is 0 Å². The first-order valence-corrected chi connectivity index (χ1v) is 8.83. The highest BCUT2D eigenvalue weighted by Crippen LogP contribution is 2.25. The second-order valence-corrected chi connectivity index (χ2v) is 6.27. The number of anilines is 3. The SMILES string of the molecule is CCN(C(=O)c1cc(Nc2ccccc2Br)ccn1)c1ccccc1. The Labute approximate surface area is 155 Å². The Morgan fingerprint density at radius 1 is 1.08 bits per heavy atom. The van der Waals surface area contributed by atoms with Gasteiger partial charge in [0.25, 0.3) is 5.91 Å². The molecule has 1 N–H and O–H groups in total. The minimum atomic E-state index is -0.121. The van der Waals surface area contributed by atoms with Crippen molar-refractivity contribution in [1.29, 1.82) is 0 Å². The maximum absolute atomic E-state index is 12.9. The lowest BCUT2D eigenvalue weighted by molar-refractivity contribution is 0.0983. The molecule has 2 aromatic carbocycles. The van der Waals surface area contributed by atoms with E-state index in [-0.39, 0.29) is 5.91 Å². The van der Waals surface area contributed by atoms with Crippen LogP contribution in [0.15, 0.2) is 77.4 Å². The fourth-order valence-electron chi connectivity index (χ4n) is 2.53. The molecule has 0 aliphatic rings. The van der Waals surface area contributed by atoms with Crippen molar-refractivity contribution in [3.8, 4) is 0 Å². The van der Waals surface area contributed by atoms with E-state index in [1.165, 1.54) is 0 Å². The van der Waals surface area contributed by atoms with Crippen LogP contribution in [0.2, 0.25) is 0 Å². The maximum Gasteiger partial charge on any atom is 0.276 e. The highest BCUT2D eigenvalue weighted by molar-refractivity contribution is 9.10. The van der Waals surface area contributed by atoms with Crippen LogP contribution in [0.5, 0.6) is 0 Å². The predicted octanol–water partition coefficient (Wildman–Crippen LogP) is 5.25. The molecular weight excluding hydrogens is 378 g/mol. The van der Waals surface area contributed by atoms with Gasteiger partial charge in [-0.3, -0.25) is 9.78 Å². The molecule has 0 aliphatic carbocycles. The van der Waals surface area contributed by atoms with Crippen LogP contribution in [-0.2, 0) is 0 Å². The number of carbonyl (C=O) groups is 1. The Bertz CT molecular complexity index is 868. The third kappa shape index (κ3) is 4.06. The van der Waals surface area contributed by atoms with E-state index in [1.54, 1.807) is 17.2 Å². The number of hydrogen-bond donors (Lipinski definition) is 1. The molecule has 1 heterocycles. The number of pyridine rings is 1. The lowest BCUT2D eigenvalue weighted by Gasteiger charge is -2.20. The minimum absolute atomic E-state index is 0.121. The first kappa shape index (κ1) is 17.2. The summed E-state index contributed by atoms with van der Waals surface area (Å²) in [7, 11) is 0. The zero-order valence-corrected chi connectivity index (χ0v) is 15.4. The largest absolute Gasteiger partial charge is 0.354 e. The molecule has 0 bridgehead atoms. The summed E-state index contributed by atoms with van der Waals surface area (Å²) in [6, 6.07) is 21.1. The van der Waals surface area contributed by atoms with Crippen molar-refractivity contribution in [3.05, 3.63) is 83.1 Å². The molecule has 0 saturated heterocycles. The van der Waals surface area contributed by atoms with Crippen molar-refractivity contribution in [1.82, 2.24) is 4.98 Å². The van der Waals surface area contributed by atoms with E-state index in [0.29, 0.717) is 12.2 Å². The normalized spacial score (nSPS) is 10.3. The molecule has 3 aromatic rings. The van der Waals surface area contributed by atoms with Crippen LogP contribution in [0.25, 0.3) is 0 Å². The van der Waals surface area contributed by atoms with Gasteiger partial charge in [-0.15, -0.1) is 0 Å². The predicted molar refractivity (Wildman–Crippen MR) is 105 cm³/mol. The molecule has 4 nitrogen and oxygen atoms in total. The summed E-state index contributed by atoms with van der Waals surface area (Å²) in [4.78, 5) is 18.8.